The first-order chi connectivity index (χ1) is 11.2. The summed E-state index contributed by atoms with van der Waals surface area (Å²) in [5, 5.41) is 15.3. The van der Waals surface area contributed by atoms with Crippen LogP contribution in [0.3, 0.4) is 0 Å². The Morgan fingerprint density at radius 3 is 2.87 bits per heavy atom. The highest BCUT2D eigenvalue weighted by Crippen LogP contribution is 2.29. The quantitative estimate of drug-likeness (QED) is 0.855. The molecule has 2 heterocycles. The number of aliphatic hydroxyl groups is 1. The number of rotatable bonds is 6. The molecule has 1 aliphatic heterocycles. The third-order valence-corrected chi connectivity index (χ3v) is 5.24. The van der Waals surface area contributed by atoms with E-state index >= 15 is 0 Å². The van der Waals surface area contributed by atoms with Gasteiger partial charge in [0.25, 0.3) is 0 Å². The second-order valence-electron chi connectivity index (χ2n) is 5.95. The van der Waals surface area contributed by atoms with Crippen molar-refractivity contribution in [2.24, 2.45) is 0 Å². The summed E-state index contributed by atoms with van der Waals surface area (Å²) in [6.45, 7) is 1.31. The van der Waals surface area contributed by atoms with E-state index in [2.05, 4.69) is 10.2 Å². The van der Waals surface area contributed by atoms with Crippen molar-refractivity contribution in [2.75, 3.05) is 18.4 Å². The van der Waals surface area contributed by atoms with Crippen molar-refractivity contribution in [3.05, 3.63) is 52.7 Å². The summed E-state index contributed by atoms with van der Waals surface area (Å²) >= 11 is 1.58. The molecule has 1 aromatic heterocycles. The highest BCUT2D eigenvalue weighted by molar-refractivity contribution is 7.10. The zero-order valence-corrected chi connectivity index (χ0v) is 13.8. The second-order valence-corrected chi connectivity index (χ2v) is 6.93. The van der Waals surface area contributed by atoms with Crippen LogP contribution in [0.25, 0.3) is 0 Å². The van der Waals surface area contributed by atoms with Crippen molar-refractivity contribution in [1.29, 1.82) is 0 Å². The van der Waals surface area contributed by atoms with Crippen LogP contribution in [0.2, 0.25) is 0 Å². The van der Waals surface area contributed by atoms with Crippen LogP contribution in [-0.4, -0.2) is 35.0 Å². The molecule has 0 saturated carbocycles. The number of likely N-dealkylation sites (tertiary alicyclic amines) is 1. The van der Waals surface area contributed by atoms with Crippen molar-refractivity contribution in [1.82, 2.24) is 4.90 Å². The molecule has 1 fully saturated rings. The van der Waals surface area contributed by atoms with Crippen LogP contribution in [0.15, 0.2) is 47.8 Å². The van der Waals surface area contributed by atoms with E-state index in [1.807, 2.05) is 47.8 Å². The molecular formula is C18H22N2O2S. The van der Waals surface area contributed by atoms with Gasteiger partial charge in [0.1, 0.15) is 0 Å². The first-order valence-electron chi connectivity index (χ1n) is 8.03. The molecule has 23 heavy (non-hydrogen) atoms. The van der Waals surface area contributed by atoms with Crippen LogP contribution in [-0.2, 0) is 4.79 Å². The van der Waals surface area contributed by atoms with Gasteiger partial charge in [-0.05, 0) is 49.4 Å². The van der Waals surface area contributed by atoms with E-state index < -0.39 is 6.10 Å². The number of aliphatic hydroxyl groups excluding tert-OH is 1. The lowest BCUT2D eigenvalue weighted by Crippen LogP contribution is -2.37. The number of thiophene rings is 1. The number of nitrogens with zero attached hydrogens (tertiary/aromatic N) is 1. The summed E-state index contributed by atoms with van der Waals surface area (Å²) in [4.78, 5) is 15.4. The second kappa shape index (κ2) is 7.73. The number of para-hydroxylation sites is 1. The fraction of sp³-hybridized carbons (Fsp3) is 0.389. The topological polar surface area (TPSA) is 52.6 Å². The highest BCUT2D eigenvalue weighted by atomic mass is 32.1. The molecule has 4 nitrogen and oxygen atoms in total. The fourth-order valence-corrected chi connectivity index (χ4v) is 3.86. The van der Waals surface area contributed by atoms with Gasteiger partial charge in [0.2, 0.25) is 5.91 Å². The number of carbonyl (C=O) groups excluding carboxylic acids is 1. The molecule has 5 heteroatoms. The van der Waals surface area contributed by atoms with Crippen LogP contribution in [0.1, 0.15) is 30.2 Å². The molecule has 122 valence electrons. The Hall–Kier alpha value is -1.69. The van der Waals surface area contributed by atoms with Gasteiger partial charge in [-0.2, -0.15) is 0 Å². The van der Waals surface area contributed by atoms with E-state index in [1.165, 1.54) is 0 Å². The summed E-state index contributed by atoms with van der Waals surface area (Å²) in [7, 11) is 0. The maximum atomic E-state index is 12.2. The maximum absolute atomic E-state index is 12.2. The van der Waals surface area contributed by atoms with Gasteiger partial charge in [0, 0.05) is 16.6 Å². The van der Waals surface area contributed by atoms with Crippen molar-refractivity contribution in [3.63, 3.8) is 0 Å². The van der Waals surface area contributed by atoms with Gasteiger partial charge < -0.3 is 10.4 Å². The lowest BCUT2D eigenvalue weighted by atomic mass is 10.1. The molecule has 2 N–H and O–H groups in total. The number of hydrogen-bond donors (Lipinski definition) is 2. The van der Waals surface area contributed by atoms with E-state index in [9.17, 15) is 9.90 Å². The van der Waals surface area contributed by atoms with E-state index in [-0.39, 0.29) is 11.9 Å². The van der Waals surface area contributed by atoms with E-state index in [0.29, 0.717) is 13.0 Å². The zero-order chi connectivity index (χ0) is 16.1. The minimum absolute atomic E-state index is 0.00807. The molecule has 0 bridgehead atoms. The Bertz CT molecular complexity index is 615. The molecule has 0 radical (unpaired) electrons. The highest BCUT2D eigenvalue weighted by Gasteiger charge is 2.28. The zero-order valence-electron chi connectivity index (χ0n) is 13.0. The lowest BCUT2D eigenvalue weighted by molar-refractivity contribution is -0.117. The minimum Gasteiger partial charge on any atom is -0.388 e. The Kier molecular flexibility index (Phi) is 5.43. The van der Waals surface area contributed by atoms with Crippen molar-refractivity contribution < 1.29 is 9.90 Å². The van der Waals surface area contributed by atoms with Gasteiger partial charge in [-0.3, -0.25) is 9.69 Å². The minimum atomic E-state index is -0.433. The van der Waals surface area contributed by atoms with E-state index in [0.717, 1.165) is 30.0 Å². The average Bonchev–Trinajstić information content (AvgIpc) is 3.21. The van der Waals surface area contributed by atoms with Crippen molar-refractivity contribution >= 4 is 22.9 Å². The molecule has 1 saturated heterocycles. The van der Waals surface area contributed by atoms with E-state index in [1.54, 1.807) is 11.3 Å². The summed E-state index contributed by atoms with van der Waals surface area (Å²) in [5.74, 6) is 0.00807. The smallest absolute Gasteiger partial charge is 0.238 e. The molecule has 2 atom stereocenters. The van der Waals surface area contributed by atoms with Gasteiger partial charge in [-0.1, -0.05) is 24.3 Å². The first-order valence-corrected chi connectivity index (χ1v) is 8.91. The van der Waals surface area contributed by atoms with Crippen LogP contribution in [0.5, 0.6) is 0 Å². The summed E-state index contributed by atoms with van der Waals surface area (Å²) in [6.07, 6.45) is 2.39. The average molecular weight is 330 g/mol. The Balaban J connectivity index is 1.53. The van der Waals surface area contributed by atoms with Crippen molar-refractivity contribution in [3.8, 4) is 0 Å². The van der Waals surface area contributed by atoms with Gasteiger partial charge in [0.15, 0.2) is 0 Å². The molecule has 3 rings (SSSR count). The van der Waals surface area contributed by atoms with Gasteiger partial charge in [-0.25, -0.2) is 0 Å². The number of carbonyl (C=O) groups is 1. The molecule has 1 aromatic carbocycles. The maximum Gasteiger partial charge on any atom is 0.238 e. The lowest BCUT2D eigenvalue weighted by Gasteiger charge is -2.25. The predicted molar refractivity (Wildman–Crippen MR) is 93.6 cm³/mol. The van der Waals surface area contributed by atoms with Crippen LogP contribution in [0.4, 0.5) is 5.69 Å². The molecule has 2 aromatic rings. The van der Waals surface area contributed by atoms with E-state index in [4.69, 9.17) is 0 Å². The fourth-order valence-electron chi connectivity index (χ4n) is 3.13. The van der Waals surface area contributed by atoms with Gasteiger partial charge in [0.05, 0.1) is 12.6 Å². The number of hydrogen-bond acceptors (Lipinski definition) is 4. The third-order valence-electron chi connectivity index (χ3n) is 4.27. The summed E-state index contributed by atoms with van der Waals surface area (Å²) < 4.78 is 0. The number of amides is 1. The molecule has 0 aliphatic carbocycles. The monoisotopic (exact) mass is 330 g/mol. The van der Waals surface area contributed by atoms with Crippen molar-refractivity contribution in [2.45, 2.75) is 31.4 Å². The third kappa shape index (κ3) is 4.41. The number of anilines is 1. The Morgan fingerprint density at radius 1 is 1.30 bits per heavy atom. The summed E-state index contributed by atoms with van der Waals surface area (Å²) in [5.41, 5.74) is 0.826. The summed E-state index contributed by atoms with van der Waals surface area (Å²) in [6, 6.07) is 13.7. The molecule has 0 unspecified atom stereocenters. The molecule has 1 amide bonds. The largest absolute Gasteiger partial charge is 0.388 e. The normalized spacial score (nSPS) is 19.6. The van der Waals surface area contributed by atoms with Crippen LogP contribution >= 0.6 is 11.3 Å². The molecular weight excluding hydrogens is 308 g/mol. The SMILES string of the molecule is O=C(CN1CCC[C@@H]1C[C@@H](O)c1cccs1)Nc1ccccc1. The standard InChI is InChI=1S/C18H22N2O2S/c21-16(17-9-5-11-23-17)12-15-8-4-10-20(15)13-18(22)19-14-6-2-1-3-7-14/h1-3,5-7,9,11,15-16,21H,4,8,10,12-13H2,(H,19,22)/t15-,16-/m1/s1. The number of nitrogens with one attached hydrogen (secondary N) is 1. The molecule has 0 spiro atoms. The predicted octanol–water partition coefficient (Wildman–Crippen LogP) is 3.27. The Labute approximate surface area is 140 Å². The van der Waals surface area contributed by atoms with Crippen LogP contribution in [0, 0.1) is 0 Å². The number of benzene rings is 1. The molecule has 1 aliphatic rings. The van der Waals surface area contributed by atoms with Gasteiger partial charge >= 0.3 is 0 Å². The van der Waals surface area contributed by atoms with Crippen LogP contribution < -0.4 is 5.32 Å². The van der Waals surface area contributed by atoms with Gasteiger partial charge in [-0.15, -0.1) is 11.3 Å². The first kappa shape index (κ1) is 16.2. The Morgan fingerprint density at radius 2 is 2.13 bits per heavy atom.